The number of aromatic nitrogens is 2. The quantitative estimate of drug-likeness (QED) is 0.714. The number of hydrogen-bond acceptors (Lipinski definition) is 5. The van der Waals surface area contributed by atoms with E-state index in [2.05, 4.69) is 15.7 Å². The van der Waals surface area contributed by atoms with Crippen molar-refractivity contribution in [1.29, 1.82) is 0 Å². The van der Waals surface area contributed by atoms with Crippen LogP contribution < -0.4 is 20.1 Å². The minimum Gasteiger partial charge on any atom is -0.486 e. The van der Waals surface area contributed by atoms with Gasteiger partial charge in [-0.15, -0.1) is 0 Å². The summed E-state index contributed by atoms with van der Waals surface area (Å²) in [5, 5.41) is 10.0. The third-order valence-electron chi connectivity index (χ3n) is 4.92. The molecule has 0 aliphatic carbocycles. The lowest BCUT2D eigenvalue weighted by Crippen LogP contribution is -2.23. The van der Waals surface area contributed by atoms with Gasteiger partial charge in [0.05, 0.1) is 12.6 Å². The number of ether oxygens (including phenoxy) is 2. The standard InChI is InChI=1S/C21H18N4O4/c26-19(23-14-6-7-17-18(10-14)29-9-8-28-17)11-16-21(27)24-20-15(12-22-25(16)20)13-4-2-1-3-5-13/h1-7,10,12,16H,8-9,11H2,(H,23,26)(H,24,27)/t16-/m1/s1. The van der Waals surface area contributed by atoms with Crippen molar-refractivity contribution >= 4 is 23.3 Å². The van der Waals surface area contributed by atoms with Gasteiger partial charge in [0.25, 0.3) is 5.91 Å². The van der Waals surface area contributed by atoms with E-state index in [1.807, 2.05) is 30.3 Å². The van der Waals surface area contributed by atoms with Crippen LogP contribution in [0.2, 0.25) is 0 Å². The summed E-state index contributed by atoms with van der Waals surface area (Å²) in [6.07, 6.45) is 1.68. The van der Waals surface area contributed by atoms with Crippen LogP contribution in [0.15, 0.2) is 54.7 Å². The Bertz CT molecular complexity index is 1090. The number of anilines is 2. The minimum atomic E-state index is -0.695. The van der Waals surface area contributed by atoms with Crippen LogP contribution in [0.4, 0.5) is 11.5 Å². The molecule has 0 bridgehead atoms. The van der Waals surface area contributed by atoms with Crippen molar-refractivity contribution in [2.24, 2.45) is 0 Å². The summed E-state index contributed by atoms with van der Waals surface area (Å²) in [5.41, 5.74) is 2.37. The molecule has 29 heavy (non-hydrogen) atoms. The zero-order valence-corrected chi connectivity index (χ0v) is 15.4. The summed E-state index contributed by atoms with van der Waals surface area (Å²) in [6, 6.07) is 14.2. The summed E-state index contributed by atoms with van der Waals surface area (Å²) >= 11 is 0. The van der Waals surface area contributed by atoms with Crippen molar-refractivity contribution in [2.75, 3.05) is 23.8 Å². The predicted octanol–water partition coefficient (Wildman–Crippen LogP) is 2.84. The van der Waals surface area contributed by atoms with E-state index in [4.69, 9.17) is 9.47 Å². The van der Waals surface area contributed by atoms with Gasteiger partial charge in [0.15, 0.2) is 11.5 Å². The third-order valence-corrected chi connectivity index (χ3v) is 4.92. The van der Waals surface area contributed by atoms with Crippen LogP contribution in [0.25, 0.3) is 11.1 Å². The van der Waals surface area contributed by atoms with Gasteiger partial charge in [0.2, 0.25) is 5.91 Å². The van der Waals surface area contributed by atoms with Crippen LogP contribution in [-0.2, 0) is 9.59 Å². The Morgan fingerprint density at radius 2 is 1.93 bits per heavy atom. The van der Waals surface area contributed by atoms with E-state index in [-0.39, 0.29) is 18.2 Å². The number of carbonyl (C=O) groups excluding carboxylic acids is 2. The molecular formula is C21H18N4O4. The number of carbonyl (C=O) groups is 2. The zero-order chi connectivity index (χ0) is 19.8. The molecule has 2 amide bonds. The molecule has 3 aromatic rings. The summed E-state index contributed by atoms with van der Waals surface area (Å²) in [6.45, 7) is 0.977. The average Bonchev–Trinajstić information content (AvgIpc) is 3.28. The van der Waals surface area contributed by atoms with E-state index < -0.39 is 6.04 Å². The first-order valence-electron chi connectivity index (χ1n) is 9.32. The fraction of sp³-hybridized carbons (Fsp3) is 0.190. The van der Waals surface area contributed by atoms with Gasteiger partial charge in [0.1, 0.15) is 25.1 Å². The maximum absolute atomic E-state index is 12.6. The van der Waals surface area contributed by atoms with Gasteiger partial charge in [-0.1, -0.05) is 30.3 Å². The molecule has 1 atom stereocenters. The number of fused-ring (bicyclic) bond motifs is 2. The highest BCUT2D eigenvalue weighted by molar-refractivity contribution is 6.04. The van der Waals surface area contributed by atoms with Crippen molar-refractivity contribution in [3.05, 3.63) is 54.7 Å². The second-order valence-electron chi connectivity index (χ2n) is 6.83. The molecule has 2 aliphatic rings. The summed E-state index contributed by atoms with van der Waals surface area (Å²) < 4.78 is 12.6. The number of hydrogen-bond donors (Lipinski definition) is 2. The molecule has 0 fully saturated rings. The van der Waals surface area contributed by atoms with Gasteiger partial charge < -0.3 is 20.1 Å². The molecule has 2 aromatic carbocycles. The van der Waals surface area contributed by atoms with Crippen molar-refractivity contribution < 1.29 is 19.1 Å². The fourth-order valence-corrected chi connectivity index (χ4v) is 3.55. The summed E-state index contributed by atoms with van der Waals surface area (Å²) in [4.78, 5) is 25.0. The monoisotopic (exact) mass is 390 g/mol. The van der Waals surface area contributed by atoms with Crippen molar-refractivity contribution in [2.45, 2.75) is 12.5 Å². The molecule has 8 nitrogen and oxygen atoms in total. The number of amides is 2. The first-order chi connectivity index (χ1) is 14.2. The second kappa shape index (κ2) is 6.97. The molecule has 0 spiro atoms. The molecule has 8 heteroatoms. The molecule has 0 saturated heterocycles. The van der Waals surface area contributed by atoms with Crippen LogP contribution >= 0.6 is 0 Å². The van der Waals surface area contributed by atoms with Gasteiger partial charge in [-0.3, -0.25) is 9.59 Å². The topological polar surface area (TPSA) is 94.5 Å². The molecule has 0 saturated carbocycles. The lowest BCUT2D eigenvalue weighted by atomic mass is 10.1. The predicted molar refractivity (Wildman–Crippen MR) is 106 cm³/mol. The highest BCUT2D eigenvalue weighted by atomic mass is 16.6. The van der Waals surface area contributed by atoms with Gasteiger partial charge in [-0.25, -0.2) is 4.68 Å². The van der Waals surface area contributed by atoms with E-state index in [9.17, 15) is 9.59 Å². The van der Waals surface area contributed by atoms with Crippen molar-refractivity contribution in [1.82, 2.24) is 9.78 Å². The van der Waals surface area contributed by atoms with Gasteiger partial charge >= 0.3 is 0 Å². The number of rotatable bonds is 4. The lowest BCUT2D eigenvalue weighted by molar-refractivity contribution is -0.123. The highest BCUT2D eigenvalue weighted by Crippen LogP contribution is 2.36. The van der Waals surface area contributed by atoms with E-state index in [1.54, 1.807) is 29.1 Å². The Morgan fingerprint density at radius 1 is 1.14 bits per heavy atom. The molecule has 3 heterocycles. The zero-order valence-electron chi connectivity index (χ0n) is 15.4. The molecule has 0 radical (unpaired) electrons. The van der Waals surface area contributed by atoms with Gasteiger partial charge in [0, 0.05) is 17.3 Å². The maximum Gasteiger partial charge on any atom is 0.251 e. The fourth-order valence-electron chi connectivity index (χ4n) is 3.55. The Balaban J connectivity index is 1.32. The largest absolute Gasteiger partial charge is 0.486 e. The second-order valence-corrected chi connectivity index (χ2v) is 6.83. The average molecular weight is 390 g/mol. The molecular weight excluding hydrogens is 372 g/mol. The molecule has 146 valence electrons. The van der Waals surface area contributed by atoms with Crippen molar-refractivity contribution in [3.8, 4) is 22.6 Å². The first-order valence-corrected chi connectivity index (χ1v) is 9.32. The Kier molecular flexibility index (Phi) is 4.16. The third kappa shape index (κ3) is 3.18. The Labute approximate surface area is 166 Å². The normalized spacial score (nSPS) is 16.8. The van der Waals surface area contributed by atoms with Crippen LogP contribution in [0, 0.1) is 0 Å². The van der Waals surface area contributed by atoms with Gasteiger partial charge in [-0.05, 0) is 17.7 Å². The minimum absolute atomic E-state index is 0.0246. The van der Waals surface area contributed by atoms with Crippen LogP contribution in [-0.4, -0.2) is 34.8 Å². The maximum atomic E-state index is 12.6. The summed E-state index contributed by atoms with van der Waals surface area (Å²) in [5.74, 6) is 1.32. The van der Waals surface area contributed by atoms with E-state index in [1.165, 1.54) is 0 Å². The molecule has 2 aliphatic heterocycles. The Morgan fingerprint density at radius 3 is 2.76 bits per heavy atom. The van der Waals surface area contributed by atoms with E-state index in [0.717, 1.165) is 11.1 Å². The smallest absolute Gasteiger partial charge is 0.251 e. The van der Waals surface area contributed by atoms with Crippen molar-refractivity contribution in [3.63, 3.8) is 0 Å². The SMILES string of the molecule is O=C(C[C@@H]1C(=O)Nc2c(-c3ccccc3)cnn21)Nc1ccc2c(c1)OCCO2. The molecule has 1 aromatic heterocycles. The van der Waals surface area contributed by atoms with E-state index >= 15 is 0 Å². The number of benzene rings is 2. The highest BCUT2D eigenvalue weighted by Gasteiger charge is 2.35. The van der Waals surface area contributed by atoms with Gasteiger partial charge in [-0.2, -0.15) is 5.10 Å². The number of nitrogens with zero attached hydrogens (tertiary/aromatic N) is 2. The lowest BCUT2D eigenvalue weighted by Gasteiger charge is -2.19. The molecule has 5 rings (SSSR count). The first kappa shape index (κ1) is 17.3. The van der Waals surface area contributed by atoms with Crippen LogP contribution in [0.1, 0.15) is 12.5 Å². The number of nitrogens with one attached hydrogen (secondary N) is 2. The summed E-state index contributed by atoms with van der Waals surface area (Å²) in [7, 11) is 0. The molecule has 2 N–H and O–H groups in total. The van der Waals surface area contributed by atoms with Crippen LogP contribution in [0.5, 0.6) is 11.5 Å². The molecule has 0 unspecified atom stereocenters. The van der Waals surface area contributed by atoms with Crippen LogP contribution in [0.3, 0.4) is 0 Å². The van der Waals surface area contributed by atoms with E-state index in [0.29, 0.717) is 36.2 Å². The Hall–Kier alpha value is -3.81.